The number of ether oxygens (including phenoxy) is 2. The van der Waals surface area contributed by atoms with E-state index in [9.17, 15) is 4.79 Å². The van der Waals surface area contributed by atoms with Gasteiger partial charge in [0.15, 0.2) is 0 Å². The fraction of sp³-hybridized carbons (Fsp3) is 0.471. The molecule has 0 N–H and O–H groups in total. The lowest BCUT2D eigenvalue weighted by atomic mass is 9.81. The zero-order chi connectivity index (χ0) is 16.6. The second-order valence-electron chi connectivity index (χ2n) is 6.48. The van der Waals surface area contributed by atoms with Crippen molar-refractivity contribution >= 4 is 5.91 Å². The average molecular weight is 328 g/mol. The van der Waals surface area contributed by atoms with Crippen LogP contribution in [-0.2, 0) is 11.8 Å². The van der Waals surface area contributed by atoms with Gasteiger partial charge in [0, 0.05) is 32.0 Å². The maximum atomic E-state index is 12.4. The van der Waals surface area contributed by atoms with E-state index in [1.54, 1.807) is 34.4 Å². The lowest BCUT2D eigenvalue weighted by Crippen LogP contribution is -2.66. The van der Waals surface area contributed by atoms with Gasteiger partial charge >= 0.3 is 0 Å². The Morgan fingerprint density at radius 3 is 3.08 bits per heavy atom. The van der Waals surface area contributed by atoms with Gasteiger partial charge in [-0.2, -0.15) is 0 Å². The highest BCUT2D eigenvalue weighted by Gasteiger charge is 2.55. The van der Waals surface area contributed by atoms with Crippen LogP contribution in [0.3, 0.4) is 0 Å². The first-order chi connectivity index (χ1) is 11.7. The molecule has 7 heteroatoms. The number of imidazole rings is 1. The van der Waals surface area contributed by atoms with Crippen LogP contribution in [0, 0.1) is 5.92 Å². The second-order valence-corrected chi connectivity index (χ2v) is 6.48. The molecule has 24 heavy (non-hydrogen) atoms. The van der Waals surface area contributed by atoms with E-state index in [-0.39, 0.29) is 17.4 Å². The van der Waals surface area contributed by atoms with E-state index < -0.39 is 0 Å². The Hall–Kier alpha value is -2.41. The molecule has 2 aromatic rings. The van der Waals surface area contributed by atoms with Crippen LogP contribution >= 0.6 is 0 Å². The van der Waals surface area contributed by atoms with Crippen LogP contribution in [0.1, 0.15) is 16.9 Å². The van der Waals surface area contributed by atoms with Crippen molar-refractivity contribution in [3.63, 3.8) is 0 Å². The molecule has 0 aromatic carbocycles. The van der Waals surface area contributed by atoms with Crippen molar-refractivity contribution in [2.24, 2.45) is 13.0 Å². The number of rotatable bonds is 4. The number of hydrogen-bond acceptors (Lipinski definition) is 5. The van der Waals surface area contributed by atoms with Crippen molar-refractivity contribution in [2.75, 3.05) is 26.3 Å². The smallest absolute Gasteiger partial charge is 0.274 e. The van der Waals surface area contributed by atoms with Crippen LogP contribution in [0.4, 0.5) is 0 Å². The molecule has 0 unspecified atom stereocenters. The van der Waals surface area contributed by atoms with Crippen LogP contribution in [0.15, 0.2) is 37.1 Å². The molecule has 2 saturated heterocycles. The molecule has 7 nitrogen and oxygen atoms in total. The summed E-state index contributed by atoms with van der Waals surface area (Å²) in [6.45, 7) is 2.50. The van der Waals surface area contributed by atoms with Crippen LogP contribution in [0.25, 0.3) is 0 Å². The maximum absolute atomic E-state index is 12.4. The SMILES string of the molecule is Cn1cnc(C(=O)N2CC3(C2)OCC[C@H]3COc2cccnc2)c1. The molecule has 1 spiro atoms. The predicted octanol–water partition coefficient (Wildman–Crippen LogP) is 1.13. The van der Waals surface area contributed by atoms with Gasteiger partial charge < -0.3 is 18.9 Å². The van der Waals surface area contributed by atoms with Gasteiger partial charge in [-0.15, -0.1) is 0 Å². The average Bonchev–Trinajstić information content (AvgIpc) is 3.18. The Labute approximate surface area is 140 Å². The van der Waals surface area contributed by atoms with Crippen LogP contribution < -0.4 is 4.74 Å². The number of aromatic nitrogens is 3. The molecule has 0 bridgehead atoms. The molecule has 1 amide bonds. The van der Waals surface area contributed by atoms with E-state index in [4.69, 9.17) is 9.47 Å². The molecule has 0 aliphatic carbocycles. The van der Waals surface area contributed by atoms with E-state index in [2.05, 4.69) is 9.97 Å². The predicted molar refractivity (Wildman–Crippen MR) is 85.6 cm³/mol. The zero-order valence-electron chi connectivity index (χ0n) is 13.6. The molecular weight excluding hydrogens is 308 g/mol. The number of aryl methyl sites for hydroxylation is 1. The molecule has 0 radical (unpaired) electrons. The van der Waals surface area contributed by atoms with E-state index >= 15 is 0 Å². The van der Waals surface area contributed by atoms with Crippen molar-refractivity contribution in [3.8, 4) is 5.75 Å². The standard InChI is InChI=1S/C17H20N4O3/c1-20-8-15(19-12-20)16(22)21-10-17(11-21)13(4-6-24-17)9-23-14-3-2-5-18-7-14/h2-3,5,7-8,12-13H,4,6,9-11H2,1H3/t13-/m0/s1. The van der Waals surface area contributed by atoms with Gasteiger partial charge in [0.1, 0.15) is 17.0 Å². The molecular formula is C17H20N4O3. The van der Waals surface area contributed by atoms with Gasteiger partial charge in [0.05, 0.1) is 32.2 Å². The molecule has 2 aromatic heterocycles. The number of hydrogen-bond donors (Lipinski definition) is 0. The highest BCUT2D eigenvalue weighted by molar-refractivity contribution is 5.92. The minimum Gasteiger partial charge on any atom is -0.492 e. The molecule has 1 atom stereocenters. The molecule has 4 rings (SSSR count). The normalized spacial score (nSPS) is 21.7. The zero-order valence-corrected chi connectivity index (χ0v) is 13.6. The quantitative estimate of drug-likeness (QED) is 0.841. The van der Waals surface area contributed by atoms with Gasteiger partial charge in [0.2, 0.25) is 0 Å². The molecule has 2 fully saturated rings. The summed E-state index contributed by atoms with van der Waals surface area (Å²) in [5.41, 5.74) is 0.209. The Balaban J connectivity index is 1.36. The van der Waals surface area contributed by atoms with Crippen molar-refractivity contribution in [1.29, 1.82) is 0 Å². The molecule has 2 aliphatic heterocycles. The Morgan fingerprint density at radius 1 is 1.50 bits per heavy atom. The Kier molecular flexibility index (Phi) is 3.72. The van der Waals surface area contributed by atoms with Crippen LogP contribution in [0.2, 0.25) is 0 Å². The maximum Gasteiger partial charge on any atom is 0.274 e. The summed E-state index contributed by atoms with van der Waals surface area (Å²) < 4.78 is 13.6. The molecule has 4 heterocycles. The minimum atomic E-state index is -0.271. The van der Waals surface area contributed by atoms with E-state index in [1.807, 2.05) is 19.2 Å². The third kappa shape index (κ3) is 2.65. The van der Waals surface area contributed by atoms with Crippen molar-refractivity contribution in [1.82, 2.24) is 19.4 Å². The number of pyridine rings is 1. The van der Waals surface area contributed by atoms with Crippen molar-refractivity contribution in [2.45, 2.75) is 12.0 Å². The highest BCUT2D eigenvalue weighted by atomic mass is 16.5. The van der Waals surface area contributed by atoms with E-state index in [1.165, 1.54) is 0 Å². The third-order valence-electron chi connectivity index (χ3n) is 4.81. The lowest BCUT2D eigenvalue weighted by Gasteiger charge is -2.49. The fourth-order valence-electron chi connectivity index (χ4n) is 3.43. The van der Waals surface area contributed by atoms with Crippen molar-refractivity contribution < 1.29 is 14.3 Å². The summed E-state index contributed by atoms with van der Waals surface area (Å²) in [4.78, 5) is 22.4. The highest BCUT2D eigenvalue weighted by Crippen LogP contribution is 2.40. The summed E-state index contributed by atoms with van der Waals surface area (Å²) in [6, 6.07) is 3.75. The van der Waals surface area contributed by atoms with Crippen LogP contribution in [0.5, 0.6) is 5.75 Å². The van der Waals surface area contributed by atoms with E-state index in [0.29, 0.717) is 32.0 Å². The number of amides is 1. The van der Waals surface area contributed by atoms with Gasteiger partial charge in [-0.05, 0) is 18.6 Å². The van der Waals surface area contributed by atoms with Gasteiger partial charge in [-0.3, -0.25) is 9.78 Å². The minimum absolute atomic E-state index is 0.0383. The van der Waals surface area contributed by atoms with Gasteiger partial charge in [-0.1, -0.05) is 0 Å². The molecule has 126 valence electrons. The first-order valence-corrected chi connectivity index (χ1v) is 8.10. The van der Waals surface area contributed by atoms with Gasteiger partial charge in [0.25, 0.3) is 5.91 Å². The first kappa shape index (κ1) is 15.1. The number of carbonyl (C=O) groups excluding carboxylic acids is 1. The largest absolute Gasteiger partial charge is 0.492 e. The summed E-state index contributed by atoms with van der Waals surface area (Å²) >= 11 is 0. The summed E-state index contributed by atoms with van der Waals surface area (Å²) in [5.74, 6) is 1.01. The van der Waals surface area contributed by atoms with Crippen molar-refractivity contribution in [3.05, 3.63) is 42.7 Å². The summed E-state index contributed by atoms with van der Waals surface area (Å²) in [7, 11) is 1.85. The van der Waals surface area contributed by atoms with Gasteiger partial charge in [-0.25, -0.2) is 4.98 Å². The molecule has 0 saturated carbocycles. The monoisotopic (exact) mass is 328 g/mol. The first-order valence-electron chi connectivity index (χ1n) is 8.10. The van der Waals surface area contributed by atoms with E-state index in [0.717, 1.165) is 12.2 Å². The topological polar surface area (TPSA) is 69.5 Å². The molecule has 2 aliphatic rings. The fourth-order valence-corrected chi connectivity index (χ4v) is 3.43. The Morgan fingerprint density at radius 2 is 2.38 bits per heavy atom. The number of carbonyl (C=O) groups is 1. The Bertz CT molecular complexity index is 724. The lowest BCUT2D eigenvalue weighted by molar-refractivity contribution is -0.122. The summed E-state index contributed by atoms with van der Waals surface area (Å²) in [6.07, 6.45) is 7.76. The number of nitrogens with zero attached hydrogens (tertiary/aromatic N) is 4. The third-order valence-corrected chi connectivity index (χ3v) is 4.81. The number of likely N-dealkylation sites (tertiary alicyclic amines) is 1. The van der Waals surface area contributed by atoms with Crippen LogP contribution in [-0.4, -0.2) is 57.2 Å². The second kappa shape index (κ2) is 5.90. The summed E-state index contributed by atoms with van der Waals surface area (Å²) in [5, 5.41) is 0.